The summed E-state index contributed by atoms with van der Waals surface area (Å²) in [4.78, 5) is 32.0. The molecule has 0 aromatic carbocycles. The molecular weight excluding hydrogens is 408 g/mol. The number of aromatic nitrogens is 3. The molecule has 1 saturated heterocycles. The molecule has 1 aliphatic heterocycles. The standard InChI is InChI=1S/C23H32N6O3/c1-14(2)11-20(23(32)28-9-7-18(30)8-10-28)27-21(31)6-5-19-15(3)26-22-17(12-24)13-25-29(22)16(19)4/h13-14,18,20,30H,5-11H2,1-4H3,(H,27,31)/t20-/m0/s1. The van der Waals surface area contributed by atoms with Gasteiger partial charge in [-0.25, -0.2) is 9.50 Å². The molecule has 32 heavy (non-hydrogen) atoms. The molecule has 2 amide bonds. The third-order valence-electron chi connectivity index (χ3n) is 6.05. The highest BCUT2D eigenvalue weighted by molar-refractivity contribution is 5.87. The number of nitrogens with one attached hydrogen (secondary N) is 1. The number of carbonyl (C=O) groups excluding carboxylic acids is 2. The number of aryl methyl sites for hydroxylation is 2. The number of piperidine rings is 1. The highest BCUT2D eigenvalue weighted by Gasteiger charge is 2.29. The second-order valence-corrected chi connectivity index (χ2v) is 8.97. The quantitative estimate of drug-likeness (QED) is 0.675. The Morgan fingerprint density at radius 3 is 2.62 bits per heavy atom. The Bertz CT molecular complexity index is 1030. The average Bonchev–Trinajstić information content (AvgIpc) is 3.15. The zero-order valence-corrected chi connectivity index (χ0v) is 19.3. The zero-order valence-electron chi connectivity index (χ0n) is 19.3. The predicted molar refractivity (Wildman–Crippen MR) is 119 cm³/mol. The SMILES string of the molecule is Cc1nc2c(C#N)cnn2c(C)c1CCC(=O)N[C@@H](CC(C)C)C(=O)N1CCC(O)CC1. The number of carbonyl (C=O) groups is 2. The number of aliphatic hydroxyl groups is 1. The summed E-state index contributed by atoms with van der Waals surface area (Å²) in [5.41, 5.74) is 3.47. The summed E-state index contributed by atoms with van der Waals surface area (Å²) in [5.74, 6) is -0.00189. The van der Waals surface area contributed by atoms with Crippen molar-refractivity contribution in [3.05, 3.63) is 28.7 Å². The van der Waals surface area contributed by atoms with Crippen molar-refractivity contribution in [1.29, 1.82) is 5.26 Å². The van der Waals surface area contributed by atoms with Crippen LogP contribution in [-0.4, -0.2) is 61.7 Å². The number of hydrogen-bond donors (Lipinski definition) is 2. The summed E-state index contributed by atoms with van der Waals surface area (Å²) in [7, 11) is 0. The van der Waals surface area contributed by atoms with Crippen LogP contribution in [-0.2, 0) is 16.0 Å². The van der Waals surface area contributed by atoms with E-state index in [9.17, 15) is 20.0 Å². The van der Waals surface area contributed by atoms with Gasteiger partial charge in [-0.2, -0.15) is 10.4 Å². The predicted octanol–water partition coefficient (Wildman–Crippen LogP) is 1.66. The maximum absolute atomic E-state index is 13.0. The van der Waals surface area contributed by atoms with Crippen LogP contribution in [0.1, 0.15) is 62.0 Å². The Balaban J connectivity index is 1.67. The summed E-state index contributed by atoms with van der Waals surface area (Å²) in [6.07, 6.45) is 3.54. The molecular formula is C23H32N6O3. The average molecular weight is 441 g/mol. The molecule has 2 aromatic heterocycles. The molecule has 0 saturated carbocycles. The topological polar surface area (TPSA) is 124 Å². The third-order valence-corrected chi connectivity index (χ3v) is 6.05. The van der Waals surface area contributed by atoms with Crippen LogP contribution in [0.15, 0.2) is 6.20 Å². The molecule has 172 valence electrons. The Kier molecular flexibility index (Phi) is 7.46. The van der Waals surface area contributed by atoms with Gasteiger partial charge < -0.3 is 15.3 Å². The van der Waals surface area contributed by atoms with Crippen molar-refractivity contribution in [2.45, 2.75) is 71.9 Å². The van der Waals surface area contributed by atoms with Crippen molar-refractivity contribution in [1.82, 2.24) is 24.8 Å². The summed E-state index contributed by atoms with van der Waals surface area (Å²) >= 11 is 0. The monoisotopic (exact) mass is 440 g/mol. The largest absolute Gasteiger partial charge is 0.393 e. The first-order chi connectivity index (χ1) is 15.2. The summed E-state index contributed by atoms with van der Waals surface area (Å²) in [6.45, 7) is 8.86. The number of amides is 2. The molecule has 1 aliphatic rings. The minimum Gasteiger partial charge on any atom is -0.393 e. The van der Waals surface area contributed by atoms with E-state index >= 15 is 0 Å². The van der Waals surface area contributed by atoms with E-state index in [-0.39, 0.29) is 30.3 Å². The fourth-order valence-corrected chi connectivity index (χ4v) is 4.26. The van der Waals surface area contributed by atoms with Gasteiger partial charge in [-0.1, -0.05) is 13.8 Å². The van der Waals surface area contributed by atoms with Crippen molar-refractivity contribution in [3.8, 4) is 6.07 Å². The number of likely N-dealkylation sites (tertiary alicyclic amines) is 1. The lowest BCUT2D eigenvalue weighted by molar-refractivity contribution is -0.138. The van der Waals surface area contributed by atoms with Crippen LogP contribution in [0.3, 0.4) is 0 Å². The first kappa shape index (κ1) is 23.7. The van der Waals surface area contributed by atoms with E-state index in [1.807, 2.05) is 27.7 Å². The van der Waals surface area contributed by atoms with E-state index in [0.29, 0.717) is 50.0 Å². The normalized spacial score (nSPS) is 15.7. The van der Waals surface area contributed by atoms with Crippen LogP contribution in [0, 0.1) is 31.1 Å². The second-order valence-electron chi connectivity index (χ2n) is 8.97. The van der Waals surface area contributed by atoms with Crippen molar-refractivity contribution >= 4 is 17.5 Å². The number of fused-ring (bicyclic) bond motifs is 1. The molecule has 0 radical (unpaired) electrons. The van der Waals surface area contributed by atoms with E-state index in [4.69, 9.17) is 0 Å². The van der Waals surface area contributed by atoms with Crippen LogP contribution in [0.5, 0.6) is 0 Å². The maximum Gasteiger partial charge on any atom is 0.245 e. The van der Waals surface area contributed by atoms with Gasteiger partial charge in [-0.15, -0.1) is 0 Å². The van der Waals surface area contributed by atoms with E-state index < -0.39 is 6.04 Å². The minimum atomic E-state index is -0.565. The fourth-order valence-electron chi connectivity index (χ4n) is 4.26. The van der Waals surface area contributed by atoms with Gasteiger partial charge in [0.05, 0.1) is 12.3 Å². The minimum absolute atomic E-state index is 0.0741. The first-order valence-corrected chi connectivity index (χ1v) is 11.2. The van der Waals surface area contributed by atoms with Gasteiger partial charge in [0, 0.05) is 30.9 Å². The number of hydrogen-bond acceptors (Lipinski definition) is 6. The number of nitriles is 1. The molecule has 1 fully saturated rings. The second kappa shape index (κ2) is 10.1. The van der Waals surface area contributed by atoms with E-state index in [1.165, 1.54) is 6.20 Å². The third kappa shape index (κ3) is 5.25. The lowest BCUT2D eigenvalue weighted by Crippen LogP contribution is -2.51. The first-order valence-electron chi connectivity index (χ1n) is 11.2. The molecule has 1 atom stereocenters. The Morgan fingerprint density at radius 1 is 1.31 bits per heavy atom. The van der Waals surface area contributed by atoms with Crippen LogP contribution in [0.25, 0.3) is 5.65 Å². The van der Waals surface area contributed by atoms with Crippen molar-refractivity contribution in [3.63, 3.8) is 0 Å². The summed E-state index contributed by atoms with van der Waals surface area (Å²) in [6, 6.07) is 1.53. The summed E-state index contributed by atoms with van der Waals surface area (Å²) < 4.78 is 1.63. The van der Waals surface area contributed by atoms with Gasteiger partial charge in [-0.3, -0.25) is 9.59 Å². The molecule has 0 unspecified atom stereocenters. The van der Waals surface area contributed by atoms with Gasteiger partial charge in [0.1, 0.15) is 17.7 Å². The Labute approximate surface area is 188 Å². The lowest BCUT2D eigenvalue weighted by atomic mass is 10.00. The molecule has 2 N–H and O–H groups in total. The van der Waals surface area contributed by atoms with Crippen molar-refractivity contribution < 1.29 is 14.7 Å². The molecule has 3 heterocycles. The highest BCUT2D eigenvalue weighted by Crippen LogP contribution is 2.19. The van der Waals surface area contributed by atoms with Crippen LogP contribution in [0.2, 0.25) is 0 Å². The van der Waals surface area contributed by atoms with Crippen LogP contribution in [0.4, 0.5) is 0 Å². The molecule has 9 nitrogen and oxygen atoms in total. The fraction of sp³-hybridized carbons (Fsp3) is 0.609. The molecule has 0 spiro atoms. The summed E-state index contributed by atoms with van der Waals surface area (Å²) in [5, 5.41) is 26.1. The highest BCUT2D eigenvalue weighted by atomic mass is 16.3. The molecule has 2 aromatic rings. The van der Waals surface area contributed by atoms with Crippen LogP contribution < -0.4 is 5.32 Å². The van der Waals surface area contributed by atoms with E-state index in [0.717, 1.165) is 17.0 Å². The smallest absolute Gasteiger partial charge is 0.245 e. The number of aliphatic hydroxyl groups excluding tert-OH is 1. The maximum atomic E-state index is 13.0. The number of rotatable bonds is 7. The Morgan fingerprint density at radius 2 is 2.00 bits per heavy atom. The lowest BCUT2D eigenvalue weighted by Gasteiger charge is -2.33. The van der Waals surface area contributed by atoms with Gasteiger partial charge in [-0.05, 0) is 51.0 Å². The van der Waals surface area contributed by atoms with Gasteiger partial charge >= 0.3 is 0 Å². The van der Waals surface area contributed by atoms with Crippen molar-refractivity contribution in [2.75, 3.05) is 13.1 Å². The molecule has 0 bridgehead atoms. The number of nitrogens with zero attached hydrogens (tertiary/aromatic N) is 5. The van der Waals surface area contributed by atoms with E-state index in [2.05, 4.69) is 21.5 Å². The molecule has 9 heteroatoms. The Hall–Kier alpha value is -2.99. The molecule has 0 aliphatic carbocycles. The van der Waals surface area contributed by atoms with Crippen LogP contribution >= 0.6 is 0 Å². The van der Waals surface area contributed by atoms with Crippen molar-refractivity contribution in [2.24, 2.45) is 5.92 Å². The van der Waals surface area contributed by atoms with Gasteiger partial charge in [0.25, 0.3) is 0 Å². The van der Waals surface area contributed by atoms with Gasteiger partial charge in [0.15, 0.2) is 5.65 Å². The molecule has 3 rings (SSSR count). The van der Waals surface area contributed by atoms with E-state index in [1.54, 1.807) is 9.42 Å². The zero-order chi connectivity index (χ0) is 23.4. The van der Waals surface area contributed by atoms with Gasteiger partial charge in [0.2, 0.25) is 11.8 Å².